The summed E-state index contributed by atoms with van der Waals surface area (Å²) in [7, 11) is 0. The molecular formula is C50H28N4S. The molecule has 0 atom stereocenters. The highest BCUT2D eigenvalue weighted by molar-refractivity contribution is 7.26. The summed E-state index contributed by atoms with van der Waals surface area (Å²) in [6, 6.07) is 64.1. The molecule has 254 valence electrons. The average Bonchev–Trinajstić information content (AvgIpc) is 3.91. The van der Waals surface area contributed by atoms with Crippen molar-refractivity contribution in [1.82, 2.24) is 9.13 Å². The van der Waals surface area contributed by atoms with Gasteiger partial charge >= 0.3 is 0 Å². The lowest BCUT2D eigenvalue weighted by Gasteiger charge is -2.17. The Hall–Kier alpha value is -7.44. The first-order valence-corrected chi connectivity index (χ1v) is 19.0. The third-order valence-corrected chi connectivity index (χ3v) is 12.2. The zero-order valence-electron chi connectivity index (χ0n) is 29.4. The largest absolute Gasteiger partial charge is 0.309 e. The quantitative estimate of drug-likeness (QED) is 0.182. The van der Waals surface area contributed by atoms with Gasteiger partial charge in [-0.05, 0) is 71.8 Å². The van der Waals surface area contributed by atoms with Crippen LogP contribution < -0.4 is 0 Å². The Morgan fingerprint density at radius 1 is 0.418 bits per heavy atom. The van der Waals surface area contributed by atoms with E-state index < -0.39 is 0 Å². The summed E-state index contributed by atoms with van der Waals surface area (Å²) in [4.78, 5) is 0. The molecule has 0 aliphatic carbocycles. The molecule has 0 unspecified atom stereocenters. The first-order valence-electron chi connectivity index (χ1n) is 18.2. The molecule has 0 saturated heterocycles. The average molecular weight is 717 g/mol. The topological polar surface area (TPSA) is 57.4 Å². The number of thiophene rings is 1. The van der Waals surface area contributed by atoms with Crippen molar-refractivity contribution in [2.24, 2.45) is 0 Å². The SMILES string of the molecule is N#Cc1cccc(-c2cccc(-c3cc(-n4c5ccccc5c5ccccc54)cc(-n4c5ccccc5c5c6sc7ccccc7c6ccc54)c3)c2C#N)c1. The summed E-state index contributed by atoms with van der Waals surface area (Å²) in [5.41, 5.74) is 11.0. The van der Waals surface area contributed by atoms with Crippen molar-refractivity contribution in [3.63, 3.8) is 0 Å². The van der Waals surface area contributed by atoms with Crippen molar-refractivity contribution in [3.8, 4) is 45.8 Å². The van der Waals surface area contributed by atoms with Gasteiger partial charge in [0, 0.05) is 64.2 Å². The summed E-state index contributed by atoms with van der Waals surface area (Å²) in [6.45, 7) is 0. The lowest BCUT2D eigenvalue weighted by Crippen LogP contribution is -2.01. The van der Waals surface area contributed by atoms with Crippen molar-refractivity contribution in [3.05, 3.63) is 181 Å². The summed E-state index contributed by atoms with van der Waals surface area (Å²) in [5, 5.41) is 27.9. The van der Waals surface area contributed by atoms with Crippen LogP contribution in [0, 0.1) is 22.7 Å². The van der Waals surface area contributed by atoms with Gasteiger partial charge in [-0.25, -0.2) is 0 Å². The maximum absolute atomic E-state index is 10.9. The molecular weight excluding hydrogens is 689 g/mol. The summed E-state index contributed by atoms with van der Waals surface area (Å²) in [6.07, 6.45) is 0. The fraction of sp³-hybridized carbons (Fsp3) is 0. The smallest absolute Gasteiger partial charge is 0.100 e. The Bertz CT molecular complexity index is 3420. The molecule has 0 spiro atoms. The molecule has 8 aromatic carbocycles. The minimum Gasteiger partial charge on any atom is -0.309 e. The van der Waals surface area contributed by atoms with Crippen LogP contribution in [0.1, 0.15) is 11.1 Å². The predicted molar refractivity (Wildman–Crippen MR) is 228 cm³/mol. The van der Waals surface area contributed by atoms with E-state index in [1.807, 2.05) is 47.7 Å². The Labute approximate surface area is 320 Å². The van der Waals surface area contributed by atoms with Gasteiger partial charge in [-0.1, -0.05) is 109 Å². The summed E-state index contributed by atoms with van der Waals surface area (Å²) < 4.78 is 7.30. The van der Waals surface area contributed by atoms with E-state index in [9.17, 15) is 10.5 Å². The molecule has 0 amide bonds. The number of hydrogen-bond donors (Lipinski definition) is 0. The van der Waals surface area contributed by atoms with Crippen molar-refractivity contribution in [1.29, 1.82) is 10.5 Å². The van der Waals surface area contributed by atoms with E-state index in [1.165, 1.54) is 41.7 Å². The van der Waals surface area contributed by atoms with Crippen LogP contribution >= 0.6 is 11.3 Å². The van der Waals surface area contributed by atoms with Gasteiger partial charge in [0.2, 0.25) is 0 Å². The van der Waals surface area contributed by atoms with Crippen molar-refractivity contribution in [2.75, 3.05) is 0 Å². The molecule has 0 fully saturated rings. The van der Waals surface area contributed by atoms with E-state index in [0.29, 0.717) is 11.1 Å². The molecule has 3 heterocycles. The number of fused-ring (bicyclic) bond motifs is 10. The molecule has 3 aromatic heterocycles. The predicted octanol–water partition coefficient (Wildman–Crippen LogP) is 13.3. The minimum atomic E-state index is 0.557. The van der Waals surface area contributed by atoms with Crippen LogP contribution in [0.3, 0.4) is 0 Å². The zero-order chi connectivity index (χ0) is 36.6. The first-order chi connectivity index (χ1) is 27.2. The molecule has 0 aliphatic rings. The molecule has 0 saturated carbocycles. The van der Waals surface area contributed by atoms with Crippen LogP contribution in [-0.2, 0) is 0 Å². The van der Waals surface area contributed by atoms with Gasteiger partial charge < -0.3 is 9.13 Å². The second kappa shape index (κ2) is 12.0. The van der Waals surface area contributed by atoms with Crippen LogP contribution in [0.15, 0.2) is 170 Å². The Morgan fingerprint density at radius 3 is 1.69 bits per heavy atom. The molecule has 0 radical (unpaired) electrons. The molecule has 5 heteroatoms. The van der Waals surface area contributed by atoms with Gasteiger partial charge in [-0.3, -0.25) is 0 Å². The molecule has 55 heavy (non-hydrogen) atoms. The summed E-state index contributed by atoms with van der Waals surface area (Å²) in [5.74, 6) is 0. The number of para-hydroxylation sites is 3. The summed E-state index contributed by atoms with van der Waals surface area (Å²) >= 11 is 1.85. The van der Waals surface area contributed by atoms with E-state index >= 15 is 0 Å². The third kappa shape index (κ3) is 4.61. The molecule has 0 N–H and O–H groups in total. The van der Waals surface area contributed by atoms with Gasteiger partial charge in [0.25, 0.3) is 0 Å². The number of nitrogens with zero attached hydrogens (tertiary/aromatic N) is 4. The van der Waals surface area contributed by atoms with E-state index in [2.05, 4.69) is 149 Å². The number of benzene rings is 8. The van der Waals surface area contributed by atoms with Crippen LogP contribution in [0.4, 0.5) is 0 Å². The highest BCUT2D eigenvalue weighted by Crippen LogP contribution is 2.44. The van der Waals surface area contributed by atoms with Crippen LogP contribution in [0.2, 0.25) is 0 Å². The number of hydrogen-bond acceptors (Lipinski definition) is 3. The monoisotopic (exact) mass is 716 g/mol. The van der Waals surface area contributed by atoms with Crippen molar-refractivity contribution >= 4 is 75.1 Å². The molecule has 0 aliphatic heterocycles. The first kappa shape index (κ1) is 31.1. The lowest BCUT2D eigenvalue weighted by molar-refractivity contribution is 1.13. The molecule has 11 aromatic rings. The van der Waals surface area contributed by atoms with E-state index in [1.54, 1.807) is 6.07 Å². The van der Waals surface area contributed by atoms with Gasteiger partial charge in [0.15, 0.2) is 0 Å². The fourth-order valence-electron chi connectivity index (χ4n) is 8.63. The normalized spacial score (nSPS) is 11.6. The maximum Gasteiger partial charge on any atom is 0.100 e. The van der Waals surface area contributed by atoms with Gasteiger partial charge in [0.05, 0.1) is 39.3 Å². The Kier molecular flexibility index (Phi) is 6.82. The second-order valence-electron chi connectivity index (χ2n) is 13.9. The fourth-order valence-corrected chi connectivity index (χ4v) is 9.89. The number of nitriles is 2. The minimum absolute atomic E-state index is 0.557. The Balaban J connectivity index is 1.26. The van der Waals surface area contributed by atoms with Crippen LogP contribution in [0.25, 0.3) is 97.4 Å². The number of aromatic nitrogens is 2. The maximum atomic E-state index is 10.9. The van der Waals surface area contributed by atoms with Gasteiger partial charge in [-0.15, -0.1) is 11.3 Å². The molecule has 11 rings (SSSR count). The Morgan fingerprint density at radius 2 is 1.00 bits per heavy atom. The number of rotatable bonds is 4. The van der Waals surface area contributed by atoms with E-state index in [4.69, 9.17) is 0 Å². The van der Waals surface area contributed by atoms with Crippen LogP contribution in [0.5, 0.6) is 0 Å². The van der Waals surface area contributed by atoms with E-state index in [-0.39, 0.29) is 0 Å². The van der Waals surface area contributed by atoms with Crippen LogP contribution in [-0.4, -0.2) is 9.13 Å². The van der Waals surface area contributed by atoms with Crippen molar-refractivity contribution < 1.29 is 0 Å². The van der Waals surface area contributed by atoms with Gasteiger partial charge in [-0.2, -0.15) is 10.5 Å². The standard InChI is InChI=1S/C50H28N4S/c51-29-31-11-9-12-32(25-31)36-17-10-18-37(43(36)30-52)33-26-34(53-44-19-5-1-13-38(44)39-14-2-6-20-45(39)53)28-35(27-33)54-46-21-7-3-16-42(46)49-47(54)24-23-41-40-15-4-8-22-48(40)55-50(41)49/h1-28H. The van der Waals surface area contributed by atoms with Gasteiger partial charge in [0.1, 0.15) is 6.07 Å². The second-order valence-corrected chi connectivity index (χ2v) is 15.0. The highest BCUT2D eigenvalue weighted by Gasteiger charge is 2.21. The van der Waals surface area contributed by atoms with E-state index in [0.717, 1.165) is 55.7 Å². The lowest BCUT2D eigenvalue weighted by atomic mass is 9.91. The molecule has 0 bridgehead atoms. The zero-order valence-corrected chi connectivity index (χ0v) is 30.2. The van der Waals surface area contributed by atoms with Crippen molar-refractivity contribution in [2.45, 2.75) is 0 Å². The third-order valence-electron chi connectivity index (χ3n) is 11.0. The highest BCUT2D eigenvalue weighted by atomic mass is 32.1. The molecule has 4 nitrogen and oxygen atoms in total.